The van der Waals surface area contributed by atoms with Crippen molar-refractivity contribution in [1.82, 2.24) is 0 Å². The molecule has 0 saturated carbocycles. The van der Waals surface area contributed by atoms with Crippen LogP contribution in [-0.2, 0) is 4.74 Å². The van der Waals surface area contributed by atoms with Gasteiger partial charge in [0.2, 0.25) is 0 Å². The van der Waals surface area contributed by atoms with Crippen molar-refractivity contribution in [1.29, 1.82) is 0 Å². The molecular formula is C7H16O6. The predicted molar refractivity (Wildman–Crippen MR) is 42.7 cm³/mol. The summed E-state index contributed by atoms with van der Waals surface area (Å²) in [4.78, 5) is 0. The van der Waals surface area contributed by atoms with Gasteiger partial charge >= 0.3 is 0 Å². The molecule has 0 radical (unpaired) electrons. The van der Waals surface area contributed by atoms with E-state index in [0.29, 0.717) is 0 Å². The van der Waals surface area contributed by atoms with Crippen molar-refractivity contribution in [2.24, 2.45) is 0 Å². The first-order valence-electron chi connectivity index (χ1n) is 3.56. The largest absolute Gasteiger partial charge is 0.394 e. The van der Waals surface area contributed by atoms with E-state index in [2.05, 4.69) is 4.74 Å². The first-order valence-corrected chi connectivity index (χ1v) is 3.56. The maximum atomic E-state index is 9.12. The maximum absolute atomic E-state index is 9.12. The molecule has 0 bridgehead atoms. The third-order valence-electron chi connectivity index (χ3n) is 1.87. The van der Waals surface area contributed by atoms with Gasteiger partial charge in [0.05, 0.1) is 6.61 Å². The van der Waals surface area contributed by atoms with Crippen LogP contribution in [0, 0.1) is 0 Å². The molecule has 0 amide bonds. The second-order valence-electron chi connectivity index (χ2n) is 2.72. The zero-order valence-electron chi connectivity index (χ0n) is 6.24. The second-order valence-corrected chi connectivity index (χ2v) is 2.72. The summed E-state index contributed by atoms with van der Waals surface area (Å²) in [5.74, 6) is 0. The Hall–Kier alpha value is -0.240. The average molecular weight is 196 g/mol. The van der Waals surface area contributed by atoms with Crippen molar-refractivity contribution in [2.45, 2.75) is 38.1 Å². The SMILES string of the molecule is C.OCC1O[C@H](O)[C@@H](O)C(O)[C@H]1O. The molecule has 0 aromatic carbocycles. The molecule has 5 N–H and O–H groups in total. The van der Waals surface area contributed by atoms with Gasteiger partial charge in [-0.05, 0) is 0 Å². The number of aliphatic hydroxyl groups is 5. The molecule has 1 aliphatic heterocycles. The number of hydrogen-bond donors (Lipinski definition) is 5. The Kier molecular flexibility index (Phi) is 4.76. The van der Waals surface area contributed by atoms with E-state index in [0.717, 1.165) is 0 Å². The van der Waals surface area contributed by atoms with Crippen LogP contribution in [0.15, 0.2) is 0 Å². The monoisotopic (exact) mass is 196 g/mol. The van der Waals surface area contributed by atoms with Gasteiger partial charge < -0.3 is 30.3 Å². The molecule has 80 valence electrons. The minimum atomic E-state index is -1.57. The van der Waals surface area contributed by atoms with Crippen LogP contribution in [0.3, 0.4) is 0 Å². The van der Waals surface area contributed by atoms with E-state index in [1.165, 1.54) is 0 Å². The molecule has 0 aliphatic carbocycles. The quantitative estimate of drug-likeness (QED) is 0.315. The van der Waals surface area contributed by atoms with Crippen LogP contribution in [0.1, 0.15) is 7.43 Å². The second kappa shape index (κ2) is 4.85. The van der Waals surface area contributed by atoms with Gasteiger partial charge in [-0.2, -0.15) is 0 Å². The molecule has 6 heteroatoms. The van der Waals surface area contributed by atoms with Gasteiger partial charge in [-0.1, -0.05) is 7.43 Å². The summed E-state index contributed by atoms with van der Waals surface area (Å²) in [5.41, 5.74) is 0. The summed E-state index contributed by atoms with van der Waals surface area (Å²) in [6, 6.07) is 0. The highest BCUT2D eigenvalue weighted by Crippen LogP contribution is 2.18. The van der Waals surface area contributed by atoms with Crippen molar-refractivity contribution in [3.05, 3.63) is 0 Å². The van der Waals surface area contributed by atoms with Crippen LogP contribution in [0.4, 0.5) is 0 Å². The molecule has 1 aliphatic rings. The number of rotatable bonds is 1. The Labute approximate surface area is 76.0 Å². The lowest BCUT2D eigenvalue weighted by Crippen LogP contribution is -2.58. The van der Waals surface area contributed by atoms with Gasteiger partial charge in [-0.25, -0.2) is 0 Å². The fourth-order valence-electron chi connectivity index (χ4n) is 1.08. The molecule has 1 fully saturated rings. The molecule has 0 aromatic rings. The summed E-state index contributed by atoms with van der Waals surface area (Å²) < 4.78 is 4.58. The van der Waals surface area contributed by atoms with Crippen molar-refractivity contribution < 1.29 is 30.3 Å². The maximum Gasteiger partial charge on any atom is 0.184 e. The molecule has 6 nitrogen and oxygen atoms in total. The number of ether oxygens (including phenoxy) is 1. The Bertz CT molecular complexity index is 147. The van der Waals surface area contributed by atoms with E-state index in [1.807, 2.05) is 0 Å². The summed E-state index contributed by atoms with van der Waals surface area (Å²) >= 11 is 0. The fraction of sp³-hybridized carbons (Fsp3) is 1.00. The molecule has 13 heavy (non-hydrogen) atoms. The van der Waals surface area contributed by atoms with Crippen LogP contribution < -0.4 is 0 Å². The zero-order valence-corrected chi connectivity index (χ0v) is 6.24. The topological polar surface area (TPSA) is 110 Å². The third kappa shape index (κ3) is 2.37. The van der Waals surface area contributed by atoms with Crippen LogP contribution in [-0.4, -0.2) is 62.8 Å². The van der Waals surface area contributed by atoms with Gasteiger partial charge in [0.15, 0.2) is 6.29 Å². The van der Waals surface area contributed by atoms with Crippen LogP contribution in [0.5, 0.6) is 0 Å². The summed E-state index contributed by atoms with van der Waals surface area (Å²) in [7, 11) is 0. The van der Waals surface area contributed by atoms with Crippen molar-refractivity contribution >= 4 is 0 Å². The smallest absolute Gasteiger partial charge is 0.184 e. The molecule has 1 saturated heterocycles. The van der Waals surface area contributed by atoms with E-state index in [-0.39, 0.29) is 7.43 Å². The molecule has 1 rings (SSSR count). The molecular weight excluding hydrogens is 180 g/mol. The van der Waals surface area contributed by atoms with E-state index in [1.54, 1.807) is 0 Å². The van der Waals surface area contributed by atoms with Crippen molar-refractivity contribution in [3.63, 3.8) is 0 Å². The fourth-order valence-corrected chi connectivity index (χ4v) is 1.08. The average Bonchev–Trinajstić information content (AvgIpc) is 2.08. The van der Waals surface area contributed by atoms with E-state index in [9.17, 15) is 0 Å². The first kappa shape index (κ1) is 12.8. The summed E-state index contributed by atoms with van der Waals surface area (Å²) in [5, 5.41) is 44.7. The lowest BCUT2D eigenvalue weighted by atomic mass is 10.00. The van der Waals surface area contributed by atoms with Crippen LogP contribution >= 0.6 is 0 Å². The zero-order chi connectivity index (χ0) is 9.30. The van der Waals surface area contributed by atoms with E-state index >= 15 is 0 Å². The van der Waals surface area contributed by atoms with E-state index < -0.39 is 37.3 Å². The van der Waals surface area contributed by atoms with Crippen molar-refractivity contribution in [3.8, 4) is 0 Å². The highest BCUT2D eigenvalue weighted by atomic mass is 16.6. The first-order chi connectivity index (χ1) is 5.57. The lowest BCUT2D eigenvalue weighted by molar-refractivity contribution is -0.286. The van der Waals surface area contributed by atoms with Gasteiger partial charge in [0.25, 0.3) is 0 Å². The normalized spacial score (nSPS) is 45.5. The molecule has 1 heterocycles. The van der Waals surface area contributed by atoms with Crippen molar-refractivity contribution in [2.75, 3.05) is 6.61 Å². The van der Waals surface area contributed by atoms with Gasteiger partial charge in [-0.15, -0.1) is 0 Å². The van der Waals surface area contributed by atoms with Gasteiger partial charge in [0, 0.05) is 0 Å². The molecule has 5 atom stereocenters. The van der Waals surface area contributed by atoms with E-state index in [4.69, 9.17) is 25.5 Å². The minimum absolute atomic E-state index is 0. The summed E-state index contributed by atoms with van der Waals surface area (Å²) in [6.07, 6.45) is -7.04. The minimum Gasteiger partial charge on any atom is -0.394 e. The molecule has 0 spiro atoms. The van der Waals surface area contributed by atoms with Crippen LogP contribution in [0.25, 0.3) is 0 Å². The lowest BCUT2D eigenvalue weighted by Gasteiger charge is -2.37. The number of aliphatic hydroxyl groups excluding tert-OH is 5. The molecule has 2 unspecified atom stereocenters. The van der Waals surface area contributed by atoms with Gasteiger partial charge in [0.1, 0.15) is 24.4 Å². The highest BCUT2D eigenvalue weighted by molar-refractivity contribution is 4.87. The highest BCUT2D eigenvalue weighted by Gasteiger charge is 2.42. The predicted octanol–water partition coefficient (Wildman–Crippen LogP) is -2.59. The molecule has 0 aromatic heterocycles. The Morgan fingerprint density at radius 2 is 1.46 bits per heavy atom. The Morgan fingerprint density at radius 1 is 0.923 bits per heavy atom. The Morgan fingerprint density at radius 3 is 1.92 bits per heavy atom. The Balaban J connectivity index is 0.00000144. The summed E-state index contributed by atoms with van der Waals surface area (Å²) in [6.45, 7) is -0.526. The number of hydrogen-bond acceptors (Lipinski definition) is 6. The van der Waals surface area contributed by atoms with Crippen LogP contribution in [0.2, 0.25) is 0 Å². The third-order valence-corrected chi connectivity index (χ3v) is 1.87. The van der Waals surface area contributed by atoms with Gasteiger partial charge in [-0.3, -0.25) is 0 Å². The standard InChI is InChI=1S/C6H12O6.CH4/c7-1-2-3(8)4(9)5(10)6(11)12-2;/h2-11H,1H2;1H4/t2?,3-,4?,5-,6-;/m0./s1.